The van der Waals surface area contributed by atoms with Crippen molar-refractivity contribution in [3.05, 3.63) is 24.3 Å². The Kier molecular flexibility index (Phi) is 8.88. The standard InChI is InChI=1S/C16H14F12O4/c1-3-5-9(29)31-7-11(17,18)13(21,22)15(25,26)16(27,28)14(23,24)12(19,20)8-32-10(30)6-4-2/h3-6H,7-8H2,1-2H3. The highest BCUT2D eigenvalue weighted by Crippen LogP contribution is 2.60. The summed E-state index contributed by atoms with van der Waals surface area (Å²) in [6.45, 7) is -3.78. The van der Waals surface area contributed by atoms with E-state index in [1.165, 1.54) is 0 Å². The molecule has 0 rings (SSSR count). The van der Waals surface area contributed by atoms with Crippen LogP contribution in [-0.4, -0.2) is 60.7 Å². The molecule has 0 fully saturated rings. The van der Waals surface area contributed by atoms with Crippen LogP contribution in [0.4, 0.5) is 52.7 Å². The molecule has 0 aliphatic heterocycles. The lowest BCUT2D eigenvalue weighted by molar-refractivity contribution is -0.428. The van der Waals surface area contributed by atoms with Crippen LogP contribution in [0.5, 0.6) is 0 Å². The number of allylic oxidation sites excluding steroid dienone is 2. The Bertz CT molecular complexity index is 681. The van der Waals surface area contributed by atoms with E-state index in [2.05, 4.69) is 9.47 Å². The lowest BCUT2D eigenvalue weighted by atomic mass is 9.91. The Hall–Kier alpha value is -2.42. The van der Waals surface area contributed by atoms with E-state index in [4.69, 9.17) is 0 Å². The summed E-state index contributed by atoms with van der Waals surface area (Å²) in [5, 5.41) is 0. The number of carbonyl (C=O) groups excluding carboxylic acids is 2. The van der Waals surface area contributed by atoms with Crippen molar-refractivity contribution in [2.24, 2.45) is 0 Å². The highest BCUT2D eigenvalue weighted by molar-refractivity contribution is 5.82. The van der Waals surface area contributed by atoms with E-state index in [0.717, 1.165) is 26.0 Å². The van der Waals surface area contributed by atoms with Crippen molar-refractivity contribution in [1.82, 2.24) is 0 Å². The van der Waals surface area contributed by atoms with Crippen LogP contribution in [-0.2, 0) is 19.1 Å². The molecule has 0 N–H and O–H groups in total. The topological polar surface area (TPSA) is 52.6 Å². The minimum Gasteiger partial charge on any atom is -0.456 e. The van der Waals surface area contributed by atoms with Crippen LogP contribution in [0.15, 0.2) is 24.3 Å². The van der Waals surface area contributed by atoms with E-state index in [1.54, 1.807) is 0 Å². The van der Waals surface area contributed by atoms with Gasteiger partial charge in [0, 0.05) is 12.2 Å². The van der Waals surface area contributed by atoms with Crippen molar-refractivity contribution in [2.75, 3.05) is 13.2 Å². The van der Waals surface area contributed by atoms with Gasteiger partial charge >= 0.3 is 47.5 Å². The van der Waals surface area contributed by atoms with Gasteiger partial charge in [-0.2, -0.15) is 52.7 Å². The zero-order chi connectivity index (χ0) is 25.8. The first-order chi connectivity index (χ1) is 14.2. The SMILES string of the molecule is CC=CC(=O)OCC(F)(F)C(F)(F)C(F)(F)C(F)(F)C(F)(F)C(F)(F)COC(=O)C=CC. The fourth-order valence-corrected chi connectivity index (χ4v) is 1.73. The highest BCUT2D eigenvalue weighted by Gasteiger charge is 2.90. The summed E-state index contributed by atoms with van der Waals surface area (Å²) in [6, 6.07) is 0. The van der Waals surface area contributed by atoms with E-state index in [1.807, 2.05) is 0 Å². The number of rotatable bonds is 11. The average Bonchev–Trinajstić information content (AvgIpc) is 2.64. The van der Waals surface area contributed by atoms with Crippen LogP contribution in [0.25, 0.3) is 0 Å². The molecule has 0 spiro atoms. The van der Waals surface area contributed by atoms with Crippen LogP contribution in [0.2, 0.25) is 0 Å². The molecule has 0 unspecified atom stereocenters. The summed E-state index contributed by atoms with van der Waals surface area (Å²) in [5.41, 5.74) is 0. The van der Waals surface area contributed by atoms with Crippen LogP contribution in [0, 0.1) is 0 Å². The molecule has 0 aromatic carbocycles. The fourth-order valence-electron chi connectivity index (χ4n) is 1.73. The first-order valence-electron chi connectivity index (χ1n) is 8.02. The number of hydrogen-bond donors (Lipinski definition) is 0. The van der Waals surface area contributed by atoms with Gasteiger partial charge in [0.2, 0.25) is 0 Å². The zero-order valence-electron chi connectivity index (χ0n) is 15.9. The maximum Gasteiger partial charge on any atom is 0.384 e. The van der Waals surface area contributed by atoms with Crippen LogP contribution in [0.3, 0.4) is 0 Å². The fraction of sp³-hybridized carbons (Fsp3) is 0.625. The number of ether oxygens (including phenoxy) is 2. The molecule has 186 valence electrons. The molecular formula is C16H14F12O4. The van der Waals surface area contributed by atoms with E-state index in [-0.39, 0.29) is 0 Å². The van der Waals surface area contributed by atoms with Crippen molar-refractivity contribution in [3.63, 3.8) is 0 Å². The van der Waals surface area contributed by atoms with E-state index >= 15 is 0 Å². The minimum absolute atomic E-state index is 0.324. The molecule has 0 bridgehead atoms. The molecule has 0 amide bonds. The first kappa shape index (κ1) is 29.6. The third-order valence-corrected chi connectivity index (χ3v) is 3.50. The minimum atomic E-state index is -7.82. The van der Waals surface area contributed by atoms with E-state index in [9.17, 15) is 62.3 Å². The van der Waals surface area contributed by atoms with Gasteiger partial charge < -0.3 is 9.47 Å². The Balaban J connectivity index is 6.05. The molecule has 16 heteroatoms. The molecule has 0 aromatic heterocycles. The molecule has 0 heterocycles. The molecule has 0 atom stereocenters. The number of halogens is 12. The molecule has 0 aliphatic carbocycles. The van der Waals surface area contributed by atoms with Crippen molar-refractivity contribution in [2.45, 2.75) is 49.4 Å². The monoisotopic (exact) mass is 498 g/mol. The second kappa shape index (κ2) is 9.60. The molecule has 0 aliphatic rings. The van der Waals surface area contributed by atoms with Gasteiger partial charge in [-0.1, -0.05) is 12.2 Å². The number of alkyl halides is 12. The number of carbonyl (C=O) groups is 2. The van der Waals surface area contributed by atoms with Crippen molar-refractivity contribution < 1.29 is 71.7 Å². The third kappa shape index (κ3) is 5.31. The predicted octanol–water partition coefficient (Wildman–Crippen LogP) is 5.04. The molecule has 32 heavy (non-hydrogen) atoms. The summed E-state index contributed by atoms with van der Waals surface area (Å²) in [6.07, 6.45) is 2.27. The molecular weight excluding hydrogens is 484 g/mol. The zero-order valence-corrected chi connectivity index (χ0v) is 15.9. The van der Waals surface area contributed by atoms with Crippen LogP contribution < -0.4 is 0 Å². The molecule has 0 radical (unpaired) electrons. The Morgan fingerprint density at radius 2 is 0.812 bits per heavy atom. The quantitative estimate of drug-likeness (QED) is 0.228. The average molecular weight is 498 g/mol. The van der Waals surface area contributed by atoms with Crippen molar-refractivity contribution >= 4 is 11.9 Å². The number of hydrogen-bond acceptors (Lipinski definition) is 4. The molecule has 0 aromatic rings. The lowest BCUT2D eigenvalue weighted by Crippen LogP contribution is -2.71. The van der Waals surface area contributed by atoms with Gasteiger partial charge in [0.1, 0.15) is 0 Å². The van der Waals surface area contributed by atoms with Gasteiger partial charge in [-0.25, -0.2) is 9.59 Å². The second-order valence-corrected chi connectivity index (χ2v) is 5.92. The first-order valence-corrected chi connectivity index (χ1v) is 8.02. The summed E-state index contributed by atoms with van der Waals surface area (Å²) in [7, 11) is 0. The Morgan fingerprint density at radius 3 is 1.03 bits per heavy atom. The summed E-state index contributed by atoms with van der Waals surface area (Å²) in [4.78, 5) is 21.7. The third-order valence-electron chi connectivity index (χ3n) is 3.50. The van der Waals surface area contributed by atoms with E-state index < -0.39 is 60.7 Å². The van der Waals surface area contributed by atoms with Gasteiger partial charge in [-0.15, -0.1) is 0 Å². The van der Waals surface area contributed by atoms with Gasteiger partial charge in [0.05, 0.1) is 0 Å². The molecule has 0 saturated heterocycles. The van der Waals surface area contributed by atoms with Crippen molar-refractivity contribution in [1.29, 1.82) is 0 Å². The summed E-state index contributed by atoms with van der Waals surface area (Å²) >= 11 is 0. The predicted molar refractivity (Wildman–Crippen MR) is 81.2 cm³/mol. The highest BCUT2D eigenvalue weighted by atomic mass is 19.4. The maximum atomic E-state index is 13.6. The Morgan fingerprint density at radius 1 is 0.562 bits per heavy atom. The van der Waals surface area contributed by atoms with Crippen LogP contribution >= 0.6 is 0 Å². The molecule has 0 saturated carbocycles. The van der Waals surface area contributed by atoms with Gasteiger partial charge in [-0.05, 0) is 13.8 Å². The summed E-state index contributed by atoms with van der Waals surface area (Å²) < 4.78 is 170. The normalized spacial score (nSPS) is 14.8. The Labute approximate surface area is 171 Å². The second-order valence-electron chi connectivity index (χ2n) is 5.92. The lowest BCUT2D eigenvalue weighted by Gasteiger charge is -2.40. The maximum absolute atomic E-state index is 13.6. The van der Waals surface area contributed by atoms with Gasteiger partial charge in [-0.3, -0.25) is 0 Å². The van der Waals surface area contributed by atoms with Crippen molar-refractivity contribution in [3.8, 4) is 0 Å². The van der Waals surface area contributed by atoms with E-state index in [0.29, 0.717) is 12.2 Å². The molecule has 4 nitrogen and oxygen atoms in total. The van der Waals surface area contributed by atoms with Gasteiger partial charge in [0.15, 0.2) is 13.2 Å². The number of esters is 2. The van der Waals surface area contributed by atoms with Gasteiger partial charge in [0.25, 0.3) is 0 Å². The largest absolute Gasteiger partial charge is 0.456 e. The summed E-state index contributed by atoms with van der Waals surface area (Å²) in [5.74, 6) is -47.0. The van der Waals surface area contributed by atoms with Crippen LogP contribution in [0.1, 0.15) is 13.8 Å². The smallest absolute Gasteiger partial charge is 0.384 e.